The number of amides is 2. The Hall–Kier alpha value is -1.88. The number of fused-ring (bicyclic) bond motifs is 3. The molecule has 3 heterocycles. The van der Waals surface area contributed by atoms with Crippen molar-refractivity contribution in [1.82, 2.24) is 0 Å². The number of rotatable bonds is 4. The molecule has 184 valence electrons. The van der Waals surface area contributed by atoms with Gasteiger partial charge in [-0.2, -0.15) is 0 Å². The van der Waals surface area contributed by atoms with Gasteiger partial charge in [-0.15, -0.1) is 0 Å². The molecule has 0 atom stereocenters. The van der Waals surface area contributed by atoms with Gasteiger partial charge < -0.3 is 20.1 Å². The summed E-state index contributed by atoms with van der Waals surface area (Å²) in [5.41, 5.74) is 1.54. The van der Waals surface area contributed by atoms with Crippen LogP contribution in [0.2, 0.25) is 0 Å². The van der Waals surface area contributed by atoms with Crippen molar-refractivity contribution >= 4 is 55.0 Å². The van der Waals surface area contributed by atoms with Gasteiger partial charge in [-0.25, -0.2) is 8.78 Å². The summed E-state index contributed by atoms with van der Waals surface area (Å²) < 4.78 is 37.0. The van der Waals surface area contributed by atoms with Gasteiger partial charge in [0.2, 0.25) is 11.8 Å². The monoisotopic (exact) mass is 602 g/mol. The number of ether oxygens (including phenoxy) is 2. The van der Waals surface area contributed by atoms with Gasteiger partial charge in [0, 0.05) is 46.4 Å². The van der Waals surface area contributed by atoms with E-state index in [-0.39, 0.29) is 29.9 Å². The van der Waals surface area contributed by atoms with Crippen molar-refractivity contribution in [2.45, 2.75) is 24.7 Å². The van der Waals surface area contributed by atoms with Crippen LogP contribution < -0.4 is 10.6 Å². The number of benzene rings is 2. The van der Waals surface area contributed by atoms with Crippen LogP contribution in [0.4, 0.5) is 20.2 Å². The fourth-order valence-corrected chi connectivity index (χ4v) is 4.55. The van der Waals surface area contributed by atoms with Crippen molar-refractivity contribution in [3.8, 4) is 0 Å². The minimum absolute atomic E-state index is 0.0871. The lowest BCUT2D eigenvalue weighted by molar-refractivity contribution is -0.124. The minimum atomic E-state index is -0.696. The fraction of sp³-hybridized carbons (Fsp3) is 0.417. The maximum absolute atomic E-state index is 13.9. The molecule has 3 aliphatic heterocycles. The molecular weight excluding hydrogens is 578 g/mol. The topological polar surface area (TPSA) is 76.7 Å². The summed E-state index contributed by atoms with van der Waals surface area (Å²) in [5.74, 6) is -0.820. The molecule has 0 radical (unpaired) electrons. The van der Waals surface area contributed by atoms with Gasteiger partial charge in [0.15, 0.2) is 0 Å². The largest absolute Gasteiger partial charge is 0.381 e. The molecule has 2 aromatic rings. The third-order valence-electron chi connectivity index (χ3n) is 5.69. The normalized spacial score (nSPS) is 16.9. The standard InChI is InChI=1S/C12H12FNO2.C8H6FNO.C4H8Br2O/c13-8-2-1-3-9-10(8)12(11(15)14-9)4-6-16-7-5-12;9-6-2-1-3-7-5(6)4-8(11)10-7;5-1-3-7-4-2-6/h1-3H,4-7H2,(H,14,15);1-3H,4H2,(H,10,11);1-4H2. The first-order valence-electron chi connectivity index (χ1n) is 10.9. The molecule has 5 rings (SSSR count). The Morgan fingerprint density at radius 2 is 1.53 bits per heavy atom. The van der Waals surface area contributed by atoms with E-state index in [1.165, 1.54) is 12.1 Å². The number of hydrogen-bond acceptors (Lipinski definition) is 4. The Bertz CT molecular complexity index is 1010. The van der Waals surface area contributed by atoms with E-state index >= 15 is 0 Å². The van der Waals surface area contributed by atoms with Crippen LogP contribution in [-0.2, 0) is 30.9 Å². The van der Waals surface area contributed by atoms with Crippen LogP contribution in [0.25, 0.3) is 0 Å². The molecule has 1 spiro atoms. The van der Waals surface area contributed by atoms with E-state index in [1.54, 1.807) is 24.3 Å². The van der Waals surface area contributed by atoms with Crippen LogP contribution in [0.1, 0.15) is 24.0 Å². The number of carbonyl (C=O) groups excluding carboxylic acids is 2. The molecule has 0 unspecified atom stereocenters. The summed E-state index contributed by atoms with van der Waals surface area (Å²) in [6.07, 6.45) is 1.29. The maximum atomic E-state index is 13.9. The van der Waals surface area contributed by atoms with Crippen LogP contribution >= 0.6 is 31.9 Å². The van der Waals surface area contributed by atoms with Gasteiger partial charge in [0.05, 0.1) is 25.0 Å². The SMILES string of the molecule is BrCCOCCBr.O=C1Cc2c(F)cccc2N1.O=C1Nc2cccc(F)c2C12CCOCC2. The van der Waals surface area contributed by atoms with Gasteiger partial charge >= 0.3 is 0 Å². The first kappa shape index (κ1) is 26.7. The van der Waals surface area contributed by atoms with E-state index in [2.05, 4.69) is 42.5 Å². The quantitative estimate of drug-likeness (QED) is 0.383. The van der Waals surface area contributed by atoms with Gasteiger partial charge in [-0.05, 0) is 37.1 Å². The molecule has 2 N–H and O–H groups in total. The zero-order chi connectivity index (χ0) is 24.6. The second kappa shape index (κ2) is 12.7. The summed E-state index contributed by atoms with van der Waals surface area (Å²) in [4.78, 5) is 22.8. The summed E-state index contributed by atoms with van der Waals surface area (Å²) >= 11 is 6.48. The van der Waals surface area contributed by atoms with Crippen molar-refractivity contribution in [3.05, 3.63) is 59.2 Å². The lowest BCUT2D eigenvalue weighted by Crippen LogP contribution is -2.40. The van der Waals surface area contributed by atoms with Crippen molar-refractivity contribution in [2.24, 2.45) is 0 Å². The van der Waals surface area contributed by atoms with Gasteiger partial charge in [-0.1, -0.05) is 44.0 Å². The summed E-state index contributed by atoms with van der Waals surface area (Å²) in [5, 5.41) is 7.18. The number of halogens is 4. The molecule has 10 heteroatoms. The second-order valence-electron chi connectivity index (χ2n) is 7.79. The molecule has 34 heavy (non-hydrogen) atoms. The number of hydrogen-bond donors (Lipinski definition) is 2. The molecule has 2 aromatic carbocycles. The first-order valence-corrected chi connectivity index (χ1v) is 13.1. The lowest BCUT2D eigenvalue weighted by Gasteiger charge is -2.31. The van der Waals surface area contributed by atoms with Crippen molar-refractivity contribution in [3.63, 3.8) is 0 Å². The molecule has 2 amide bonds. The molecule has 1 fully saturated rings. The first-order chi connectivity index (χ1) is 16.4. The second-order valence-corrected chi connectivity index (χ2v) is 9.38. The Morgan fingerprint density at radius 3 is 2.15 bits per heavy atom. The average Bonchev–Trinajstić information content (AvgIpc) is 3.34. The van der Waals surface area contributed by atoms with Crippen LogP contribution in [0.3, 0.4) is 0 Å². The average molecular weight is 604 g/mol. The fourth-order valence-electron chi connectivity index (χ4n) is 4.09. The van der Waals surface area contributed by atoms with Crippen molar-refractivity contribution < 1.29 is 27.8 Å². The predicted molar refractivity (Wildman–Crippen MR) is 134 cm³/mol. The number of nitrogens with one attached hydrogen (secondary N) is 2. The van der Waals surface area contributed by atoms with Crippen molar-refractivity contribution in [2.75, 3.05) is 47.7 Å². The molecule has 0 bridgehead atoms. The zero-order valence-electron chi connectivity index (χ0n) is 18.5. The Kier molecular flexibility index (Phi) is 9.99. The summed E-state index contributed by atoms with van der Waals surface area (Å²) in [6.45, 7) is 2.65. The Labute approximate surface area is 214 Å². The lowest BCUT2D eigenvalue weighted by atomic mass is 9.75. The summed E-state index contributed by atoms with van der Waals surface area (Å²) in [6, 6.07) is 9.42. The van der Waals surface area contributed by atoms with Gasteiger partial charge in [0.25, 0.3) is 0 Å². The van der Waals surface area contributed by atoms with E-state index < -0.39 is 5.41 Å². The molecule has 0 aliphatic carbocycles. The Balaban J connectivity index is 0.000000157. The number of carbonyl (C=O) groups is 2. The third-order valence-corrected chi connectivity index (χ3v) is 6.34. The van der Waals surface area contributed by atoms with Crippen LogP contribution in [0, 0.1) is 11.6 Å². The number of alkyl halides is 2. The van der Waals surface area contributed by atoms with Gasteiger partial charge in [0.1, 0.15) is 11.6 Å². The van der Waals surface area contributed by atoms with E-state index in [4.69, 9.17) is 9.47 Å². The number of anilines is 2. The Morgan fingerprint density at radius 1 is 0.912 bits per heavy atom. The molecule has 0 aromatic heterocycles. The van der Waals surface area contributed by atoms with Crippen LogP contribution in [0.15, 0.2) is 36.4 Å². The molecule has 3 aliphatic rings. The zero-order valence-corrected chi connectivity index (χ0v) is 21.6. The van der Waals surface area contributed by atoms with E-state index in [9.17, 15) is 18.4 Å². The van der Waals surface area contributed by atoms with Crippen LogP contribution in [0.5, 0.6) is 0 Å². The van der Waals surface area contributed by atoms with E-state index in [0.717, 1.165) is 23.9 Å². The highest BCUT2D eigenvalue weighted by molar-refractivity contribution is 9.09. The molecule has 1 saturated heterocycles. The highest BCUT2D eigenvalue weighted by atomic mass is 79.9. The van der Waals surface area contributed by atoms with Crippen molar-refractivity contribution in [1.29, 1.82) is 0 Å². The minimum Gasteiger partial charge on any atom is -0.381 e. The highest BCUT2D eigenvalue weighted by Crippen LogP contribution is 2.45. The summed E-state index contributed by atoms with van der Waals surface area (Å²) in [7, 11) is 0. The highest BCUT2D eigenvalue weighted by Gasteiger charge is 2.49. The maximum Gasteiger partial charge on any atom is 0.235 e. The molecule has 0 saturated carbocycles. The third kappa shape index (κ3) is 6.21. The van der Waals surface area contributed by atoms with Crippen LogP contribution in [-0.4, -0.2) is 48.9 Å². The van der Waals surface area contributed by atoms with E-state index in [0.29, 0.717) is 48.6 Å². The van der Waals surface area contributed by atoms with E-state index in [1.807, 2.05) is 0 Å². The van der Waals surface area contributed by atoms with Gasteiger partial charge in [-0.3, -0.25) is 9.59 Å². The molecule has 6 nitrogen and oxygen atoms in total. The smallest absolute Gasteiger partial charge is 0.235 e. The molecular formula is C24H26Br2F2N2O4. The predicted octanol–water partition coefficient (Wildman–Crippen LogP) is 4.94.